The van der Waals surface area contributed by atoms with E-state index in [0.29, 0.717) is 19.3 Å². The third-order valence-corrected chi connectivity index (χ3v) is 3.55. The molecule has 0 heterocycles. The van der Waals surface area contributed by atoms with Crippen molar-refractivity contribution in [3.63, 3.8) is 0 Å². The second-order valence-electron chi connectivity index (χ2n) is 5.02. The largest absolute Gasteiger partial charge is 0.324 e. The quantitative estimate of drug-likeness (QED) is 0.830. The van der Waals surface area contributed by atoms with E-state index in [4.69, 9.17) is 5.73 Å². The fourth-order valence-electron chi connectivity index (χ4n) is 2.67. The van der Waals surface area contributed by atoms with Crippen LogP contribution in [-0.4, -0.2) is 5.67 Å². The lowest BCUT2D eigenvalue weighted by atomic mass is 9.90. The van der Waals surface area contributed by atoms with Crippen LogP contribution in [0, 0.1) is 0 Å². The summed E-state index contributed by atoms with van der Waals surface area (Å²) in [6, 6.07) is 7.96. The number of nitrogens with two attached hydrogens (primary N) is 1. The number of rotatable bonds is 3. The van der Waals surface area contributed by atoms with Gasteiger partial charge in [-0.1, -0.05) is 37.1 Å². The van der Waals surface area contributed by atoms with E-state index in [1.807, 2.05) is 31.2 Å². The number of hydrogen-bond donors (Lipinski definition) is 1. The molecule has 1 atom stereocenters. The molecule has 1 nitrogen and oxygen atoms in total. The van der Waals surface area contributed by atoms with E-state index >= 15 is 0 Å². The molecule has 2 rings (SSSR count). The summed E-state index contributed by atoms with van der Waals surface area (Å²) in [5.74, 6) is 0. The van der Waals surface area contributed by atoms with Crippen molar-refractivity contribution >= 4 is 0 Å². The van der Waals surface area contributed by atoms with Crippen LogP contribution < -0.4 is 5.73 Å². The van der Waals surface area contributed by atoms with Crippen LogP contribution in [0.1, 0.15) is 49.8 Å². The SMILES string of the molecule is CC(N)c1ccccc1CC1(F)CCCC1. The van der Waals surface area contributed by atoms with Crippen LogP contribution in [0.15, 0.2) is 24.3 Å². The summed E-state index contributed by atoms with van der Waals surface area (Å²) >= 11 is 0. The summed E-state index contributed by atoms with van der Waals surface area (Å²) in [5, 5.41) is 0. The molecule has 2 N–H and O–H groups in total. The van der Waals surface area contributed by atoms with Crippen LogP contribution in [-0.2, 0) is 6.42 Å². The molecular formula is C14H20FN. The second kappa shape index (κ2) is 4.54. The summed E-state index contributed by atoms with van der Waals surface area (Å²) in [5.41, 5.74) is 7.10. The van der Waals surface area contributed by atoms with Gasteiger partial charge in [-0.3, -0.25) is 0 Å². The summed E-state index contributed by atoms with van der Waals surface area (Å²) in [6.07, 6.45) is 4.00. The molecule has 1 fully saturated rings. The van der Waals surface area contributed by atoms with E-state index in [1.165, 1.54) is 0 Å². The van der Waals surface area contributed by atoms with Gasteiger partial charge in [0.2, 0.25) is 0 Å². The molecule has 0 bridgehead atoms. The predicted molar refractivity (Wildman–Crippen MR) is 65.1 cm³/mol. The monoisotopic (exact) mass is 221 g/mol. The van der Waals surface area contributed by atoms with E-state index in [0.717, 1.165) is 24.0 Å². The standard InChI is InChI=1S/C14H20FN/c1-11(16)13-7-3-2-6-12(13)10-14(15)8-4-5-9-14/h2-3,6-7,11H,4-5,8-10,16H2,1H3. The molecule has 0 aliphatic heterocycles. The number of halogens is 1. The Morgan fingerprint density at radius 2 is 1.94 bits per heavy atom. The predicted octanol–water partition coefficient (Wildman–Crippen LogP) is 3.53. The van der Waals surface area contributed by atoms with E-state index in [-0.39, 0.29) is 6.04 Å². The molecule has 0 spiro atoms. The molecule has 1 unspecified atom stereocenters. The molecule has 0 aromatic heterocycles. The van der Waals surface area contributed by atoms with Crippen molar-refractivity contribution in [1.29, 1.82) is 0 Å². The van der Waals surface area contributed by atoms with Gasteiger partial charge < -0.3 is 5.73 Å². The number of alkyl halides is 1. The molecule has 1 aliphatic rings. The summed E-state index contributed by atoms with van der Waals surface area (Å²) < 4.78 is 14.4. The first kappa shape index (κ1) is 11.6. The Bertz CT molecular complexity index is 354. The molecule has 1 aromatic carbocycles. The second-order valence-corrected chi connectivity index (χ2v) is 5.02. The lowest BCUT2D eigenvalue weighted by Crippen LogP contribution is -2.23. The average molecular weight is 221 g/mol. The fourth-order valence-corrected chi connectivity index (χ4v) is 2.67. The highest BCUT2D eigenvalue weighted by molar-refractivity contribution is 5.31. The minimum absolute atomic E-state index is 0.0128. The molecule has 0 amide bonds. The van der Waals surface area contributed by atoms with Crippen LogP contribution in [0.2, 0.25) is 0 Å². The Labute approximate surface area is 96.9 Å². The first-order chi connectivity index (χ1) is 7.61. The zero-order chi connectivity index (χ0) is 11.6. The third-order valence-electron chi connectivity index (χ3n) is 3.55. The number of hydrogen-bond acceptors (Lipinski definition) is 1. The van der Waals surface area contributed by atoms with Gasteiger partial charge in [0.15, 0.2) is 0 Å². The van der Waals surface area contributed by atoms with Crippen LogP contribution in [0.25, 0.3) is 0 Å². The van der Waals surface area contributed by atoms with E-state index in [9.17, 15) is 4.39 Å². The van der Waals surface area contributed by atoms with Gasteiger partial charge >= 0.3 is 0 Å². The van der Waals surface area contributed by atoms with Gasteiger partial charge in [0.1, 0.15) is 5.67 Å². The highest BCUT2D eigenvalue weighted by atomic mass is 19.1. The van der Waals surface area contributed by atoms with Crippen molar-refractivity contribution in [2.24, 2.45) is 5.73 Å². The molecule has 88 valence electrons. The molecule has 1 aliphatic carbocycles. The van der Waals surface area contributed by atoms with Crippen molar-refractivity contribution in [3.05, 3.63) is 35.4 Å². The minimum atomic E-state index is -0.981. The van der Waals surface area contributed by atoms with E-state index < -0.39 is 5.67 Å². The maximum atomic E-state index is 14.4. The summed E-state index contributed by atoms with van der Waals surface area (Å²) in [6.45, 7) is 1.96. The average Bonchev–Trinajstić information content (AvgIpc) is 2.65. The van der Waals surface area contributed by atoms with E-state index in [2.05, 4.69) is 0 Å². The first-order valence-electron chi connectivity index (χ1n) is 6.13. The Balaban J connectivity index is 2.20. The smallest absolute Gasteiger partial charge is 0.115 e. The van der Waals surface area contributed by atoms with Crippen LogP contribution in [0.4, 0.5) is 4.39 Å². The molecule has 0 radical (unpaired) electrons. The molecular weight excluding hydrogens is 201 g/mol. The van der Waals surface area contributed by atoms with Gasteiger partial charge in [0, 0.05) is 12.5 Å². The Morgan fingerprint density at radius 3 is 2.56 bits per heavy atom. The van der Waals surface area contributed by atoms with Crippen molar-refractivity contribution in [3.8, 4) is 0 Å². The molecule has 0 saturated heterocycles. The molecule has 2 heteroatoms. The van der Waals surface area contributed by atoms with Gasteiger partial charge in [-0.15, -0.1) is 0 Å². The first-order valence-corrected chi connectivity index (χ1v) is 6.13. The van der Waals surface area contributed by atoms with Gasteiger partial charge in [0.25, 0.3) is 0 Å². The fraction of sp³-hybridized carbons (Fsp3) is 0.571. The highest BCUT2D eigenvalue weighted by Crippen LogP contribution is 2.37. The minimum Gasteiger partial charge on any atom is -0.324 e. The highest BCUT2D eigenvalue weighted by Gasteiger charge is 2.34. The summed E-state index contributed by atoms with van der Waals surface area (Å²) in [4.78, 5) is 0. The van der Waals surface area contributed by atoms with E-state index in [1.54, 1.807) is 0 Å². The lowest BCUT2D eigenvalue weighted by Gasteiger charge is -2.21. The zero-order valence-electron chi connectivity index (χ0n) is 9.88. The lowest BCUT2D eigenvalue weighted by molar-refractivity contribution is 0.172. The van der Waals surface area contributed by atoms with Gasteiger partial charge in [0.05, 0.1) is 0 Å². The van der Waals surface area contributed by atoms with Crippen molar-refractivity contribution in [2.75, 3.05) is 0 Å². The topological polar surface area (TPSA) is 26.0 Å². The Morgan fingerprint density at radius 1 is 1.31 bits per heavy atom. The van der Waals surface area contributed by atoms with Crippen molar-refractivity contribution in [2.45, 2.75) is 50.7 Å². The summed E-state index contributed by atoms with van der Waals surface area (Å²) in [7, 11) is 0. The third kappa shape index (κ3) is 2.43. The van der Waals surface area contributed by atoms with Crippen molar-refractivity contribution < 1.29 is 4.39 Å². The normalized spacial score (nSPS) is 20.9. The van der Waals surface area contributed by atoms with Crippen LogP contribution >= 0.6 is 0 Å². The molecule has 16 heavy (non-hydrogen) atoms. The van der Waals surface area contributed by atoms with Crippen LogP contribution in [0.5, 0.6) is 0 Å². The number of benzene rings is 1. The Kier molecular flexibility index (Phi) is 3.29. The maximum absolute atomic E-state index is 14.4. The zero-order valence-corrected chi connectivity index (χ0v) is 9.88. The molecule has 1 saturated carbocycles. The molecule has 1 aromatic rings. The van der Waals surface area contributed by atoms with Gasteiger partial charge in [-0.2, -0.15) is 0 Å². The van der Waals surface area contributed by atoms with Crippen molar-refractivity contribution in [1.82, 2.24) is 0 Å². The Hall–Kier alpha value is -0.890. The van der Waals surface area contributed by atoms with Gasteiger partial charge in [-0.25, -0.2) is 4.39 Å². The van der Waals surface area contributed by atoms with Crippen LogP contribution in [0.3, 0.4) is 0 Å². The maximum Gasteiger partial charge on any atom is 0.115 e. The van der Waals surface area contributed by atoms with Gasteiger partial charge in [-0.05, 0) is 30.9 Å².